The van der Waals surface area contributed by atoms with E-state index in [1.54, 1.807) is 0 Å². The highest BCUT2D eigenvalue weighted by molar-refractivity contribution is 7.80. The number of nitrogens with one attached hydrogen (secondary N) is 1. The Morgan fingerprint density at radius 1 is 1.36 bits per heavy atom. The van der Waals surface area contributed by atoms with Gasteiger partial charge in [-0.25, -0.2) is 0 Å². The van der Waals surface area contributed by atoms with Crippen LogP contribution in [0.15, 0.2) is 35.8 Å². The standard InChI is InChI=1S/C11H13NOS/c1-11(2)5-3-8-9(4-6-11)13-7-10(14)12-8/h3-6H,7H2,1-2H3,(H,12,14). The van der Waals surface area contributed by atoms with Crippen LogP contribution in [0.2, 0.25) is 0 Å². The molecule has 0 radical (unpaired) electrons. The molecule has 1 N–H and O–H groups in total. The quantitative estimate of drug-likeness (QED) is 0.616. The van der Waals surface area contributed by atoms with Gasteiger partial charge in [0.25, 0.3) is 0 Å². The molecular formula is C11H13NOS. The van der Waals surface area contributed by atoms with E-state index in [0.717, 1.165) is 16.4 Å². The molecule has 0 spiro atoms. The van der Waals surface area contributed by atoms with Crippen molar-refractivity contribution < 1.29 is 4.74 Å². The van der Waals surface area contributed by atoms with E-state index in [-0.39, 0.29) is 5.41 Å². The van der Waals surface area contributed by atoms with Gasteiger partial charge in [0, 0.05) is 5.41 Å². The number of thiocarbonyl (C=S) groups is 1. The van der Waals surface area contributed by atoms with Gasteiger partial charge in [0.1, 0.15) is 17.4 Å². The van der Waals surface area contributed by atoms with Crippen molar-refractivity contribution in [2.75, 3.05) is 6.61 Å². The van der Waals surface area contributed by atoms with Crippen LogP contribution in [0.1, 0.15) is 13.8 Å². The molecule has 2 rings (SSSR count). The Hall–Kier alpha value is -1.09. The molecule has 14 heavy (non-hydrogen) atoms. The number of rotatable bonds is 0. The molecule has 0 bridgehead atoms. The topological polar surface area (TPSA) is 21.3 Å². The van der Waals surface area contributed by atoms with E-state index in [2.05, 4.69) is 31.3 Å². The Bertz CT molecular complexity index is 363. The molecule has 1 aliphatic carbocycles. The van der Waals surface area contributed by atoms with Crippen molar-refractivity contribution in [2.45, 2.75) is 13.8 Å². The summed E-state index contributed by atoms with van der Waals surface area (Å²) in [6.07, 6.45) is 8.29. The van der Waals surface area contributed by atoms with E-state index in [9.17, 15) is 0 Å². The third kappa shape index (κ3) is 1.87. The third-order valence-electron chi connectivity index (χ3n) is 2.24. The summed E-state index contributed by atoms with van der Waals surface area (Å²) in [7, 11) is 0. The summed E-state index contributed by atoms with van der Waals surface area (Å²) in [6, 6.07) is 0. The van der Waals surface area contributed by atoms with Crippen molar-refractivity contribution in [1.29, 1.82) is 0 Å². The fourth-order valence-corrected chi connectivity index (χ4v) is 1.54. The summed E-state index contributed by atoms with van der Waals surface area (Å²) in [5, 5.41) is 3.14. The van der Waals surface area contributed by atoms with Gasteiger partial charge in [-0.2, -0.15) is 0 Å². The van der Waals surface area contributed by atoms with Crippen LogP contribution in [-0.2, 0) is 4.74 Å². The second-order valence-electron chi connectivity index (χ2n) is 4.10. The van der Waals surface area contributed by atoms with Gasteiger partial charge in [-0.05, 0) is 12.2 Å². The zero-order valence-corrected chi connectivity index (χ0v) is 9.15. The summed E-state index contributed by atoms with van der Waals surface area (Å²) in [6.45, 7) is 4.78. The van der Waals surface area contributed by atoms with Crippen LogP contribution < -0.4 is 5.32 Å². The third-order valence-corrected chi connectivity index (χ3v) is 2.46. The monoisotopic (exact) mass is 207 g/mol. The summed E-state index contributed by atoms with van der Waals surface area (Å²) < 4.78 is 5.51. The van der Waals surface area contributed by atoms with E-state index in [1.807, 2.05) is 12.2 Å². The molecule has 1 aliphatic heterocycles. The molecule has 0 atom stereocenters. The van der Waals surface area contributed by atoms with Crippen molar-refractivity contribution in [3.8, 4) is 0 Å². The minimum Gasteiger partial charge on any atom is -0.484 e. The van der Waals surface area contributed by atoms with E-state index in [4.69, 9.17) is 17.0 Å². The van der Waals surface area contributed by atoms with Crippen LogP contribution in [0.5, 0.6) is 0 Å². The number of hydrogen-bond acceptors (Lipinski definition) is 2. The minimum absolute atomic E-state index is 0.0734. The van der Waals surface area contributed by atoms with Crippen LogP contribution in [0, 0.1) is 5.41 Å². The average molecular weight is 207 g/mol. The molecule has 3 heteroatoms. The molecule has 0 fully saturated rings. The first-order valence-electron chi connectivity index (χ1n) is 4.62. The molecular weight excluding hydrogens is 194 g/mol. The molecule has 0 aromatic rings. The Labute approximate surface area is 89.3 Å². The van der Waals surface area contributed by atoms with Gasteiger partial charge in [0.15, 0.2) is 0 Å². The lowest BCUT2D eigenvalue weighted by molar-refractivity contribution is 0.259. The summed E-state index contributed by atoms with van der Waals surface area (Å²) in [5.41, 5.74) is 1.03. The van der Waals surface area contributed by atoms with Crippen molar-refractivity contribution >= 4 is 17.2 Å². The molecule has 0 saturated carbocycles. The second kappa shape index (κ2) is 3.24. The van der Waals surface area contributed by atoms with Crippen molar-refractivity contribution in [3.63, 3.8) is 0 Å². The molecule has 0 saturated heterocycles. The largest absolute Gasteiger partial charge is 0.484 e. The number of hydrogen-bond donors (Lipinski definition) is 1. The van der Waals surface area contributed by atoms with Crippen LogP contribution >= 0.6 is 12.2 Å². The molecule has 74 valence electrons. The number of ether oxygens (including phenoxy) is 1. The van der Waals surface area contributed by atoms with Crippen LogP contribution in [0.25, 0.3) is 0 Å². The zero-order chi connectivity index (χ0) is 10.2. The van der Waals surface area contributed by atoms with Crippen LogP contribution in [-0.4, -0.2) is 11.6 Å². The SMILES string of the molecule is CC1(C)C=CC2=C(C=C1)OCC(=S)N2. The highest BCUT2D eigenvalue weighted by atomic mass is 32.1. The van der Waals surface area contributed by atoms with E-state index in [0.29, 0.717) is 6.61 Å². The second-order valence-corrected chi connectivity index (χ2v) is 4.60. The first kappa shape index (κ1) is 9.46. The van der Waals surface area contributed by atoms with Gasteiger partial charge in [0.2, 0.25) is 0 Å². The first-order chi connectivity index (χ1) is 6.57. The van der Waals surface area contributed by atoms with E-state index >= 15 is 0 Å². The van der Waals surface area contributed by atoms with Gasteiger partial charge < -0.3 is 10.1 Å². The maximum Gasteiger partial charge on any atom is 0.143 e. The number of allylic oxidation sites excluding steroid dienone is 4. The van der Waals surface area contributed by atoms with Gasteiger partial charge in [-0.3, -0.25) is 0 Å². The van der Waals surface area contributed by atoms with Crippen LogP contribution in [0.3, 0.4) is 0 Å². The molecule has 0 aromatic heterocycles. The van der Waals surface area contributed by atoms with Gasteiger partial charge in [-0.15, -0.1) is 0 Å². The molecule has 0 amide bonds. The molecule has 2 nitrogen and oxygen atoms in total. The van der Waals surface area contributed by atoms with Gasteiger partial charge in [-0.1, -0.05) is 38.2 Å². The fraction of sp³-hybridized carbons (Fsp3) is 0.364. The highest BCUT2D eigenvalue weighted by Gasteiger charge is 2.18. The smallest absolute Gasteiger partial charge is 0.143 e. The van der Waals surface area contributed by atoms with E-state index < -0.39 is 0 Å². The lowest BCUT2D eigenvalue weighted by Crippen LogP contribution is -2.30. The lowest BCUT2D eigenvalue weighted by atomic mass is 9.93. The van der Waals surface area contributed by atoms with E-state index in [1.165, 1.54) is 0 Å². The van der Waals surface area contributed by atoms with Crippen LogP contribution in [0.4, 0.5) is 0 Å². The summed E-state index contributed by atoms with van der Waals surface area (Å²) >= 11 is 5.05. The van der Waals surface area contributed by atoms with Gasteiger partial charge >= 0.3 is 0 Å². The molecule has 1 heterocycles. The maximum atomic E-state index is 5.51. The highest BCUT2D eigenvalue weighted by Crippen LogP contribution is 2.26. The zero-order valence-electron chi connectivity index (χ0n) is 8.33. The lowest BCUT2D eigenvalue weighted by Gasteiger charge is -2.19. The molecule has 2 aliphatic rings. The summed E-state index contributed by atoms with van der Waals surface area (Å²) in [5.74, 6) is 0.875. The van der Waals surface area contributed by atoms with Crippen molar-refractivity contribution in [3.05, 3.63) is 35.8 Å². The Morgan fingerprint density at radius 2 is 2.07 bits per heavy atom. The van der Waals surface area contributed by atoms with Gasteiger partial charge in [0.05, 0.1) is 5.70 Å². The average Bonchev–Trinajstić information content (AvgIpc) is 2.26. The summed E-state index contributed by atoms with van der Waals surface area (Å²) in [4.78, 5) is 0.738. The Morgan fingerprint density at radius 3 is 2.86 bits per heavy atom. The van der Waals surface area contributed by atoms with Crippen molar-refractivity contribution in [2.24, 2.45) is 5.41 Å². The molecule has 0 unspecified atom stereocenters. The normalized spacial score (nSPS) is 23.7. The molecule has 0 aromatic carbocycles. The first-order valence-corrected chi connectivity index (χ1v) is 5.03. The van der Waals surface area contributed by atoms with Crippen molar-refractivity contribution in [1.82, 2.24) is 5.32 Å². The maximum absolute atomic E-state index is 5.51. The Kier molecular flexibility index (Phi) is 2.19. The predicted molar refractivity (Wildman–Crippen MR) is 60.8 cm³/mol. The Balaban J connectivity index is 2.34. The minimum atomic E-state index is 0.0734. The predicted octanol–water partition coefficient (Wildman–Crippen LogP) is 2.30. The fourth-order valence-electron chi connectivity index (χ4n) is 1.37.